The van der Waals surface area contributed by atoms with E-state index in [4.69, 9.17) is 0 Å². The van der Waals surface area contributed by atoms with E-state index in [9.17, 15) is 9.59 Å². The zero-order valence-corrected chi connectivity index (χ0v) is 15.3. The lowest BCUT2D eigenvalue weighted by molar-refractivity contribution is 0.0942. The molecule has 5 nitrogen and oxygen atoms in total. The summed E-state index contributed by atoms with van der Waals surface area (Å²) in [5.41, 5.74) is 0.528. The first-order valence-electron chi connectivity index (χ1n) is 9.19. The Morgan fingerprint density at radius 1 is 1.28 bits per heavy atom. The topological polar surface area (TPSA) is 54.3 Å². The molecule has 0 radical (unpaired) electrons. The molecule has 0 unspecified atom stereocenters. The molecule has 5 heteroatoms. The van der Waals surface area contributed by atoms with Crippen molar-refractivity contribution in [1.82, 2.24) is 14.8 Å². The normalized spacial score (nSPS) is 18.2. The van der Waals surface area contributed by atoms with E-state index < -0.39 is 0 Å². The van der Waals surface area contributed by atoms with Crippen LogP contribution in [0.15, 0.2) is 35.3 Å². The number of carbonyl (C=O) groups excluding carboxylic acids is 1. The summed E-state index contributed by atoms with van der Waals surface area (Å²) in [5, 5.41) is 4.41. The standard InChI is InChI=1S/C20H27N3O2/c1-4-22-11-7-8-15(22)12-21-19(24)18-13-23(14(2)3)20(25)17-10-6-5-9-16(17)18/h5-6,9-10,13-15H,4,7-8,11-12H2,1-3H3,(H,21,24)/t15-/m1/s1. The Kier molecular flexibility index (Phi) is 5.23. The Morgan fingerprint density at radius 2 is 2.00 bits per heavy atom. The maximum atomic E-state index is 12.9. The zero-order valence-electron chi connectivity index (χ0n) is 15.3. The molecular weight excluding hydrogens is 314 g/mol. The van der Waals surface area contributed by atoms with E-state index >= 15 is 0 Å². The highest BCUT2D eigenvalue weighted by atomic mass is 16.2. The van der Waals surface area contributed by atoms with Gasteiger partial charge in [-0.05, 0) is 45.8 Å². The molecular formula is C20H27N3O2. The number of amides is 1. The van der Waals surface area contributed by atoms with Crippen LogP contribution in [-0.2, 0) is 0 Å². The van der Waals surface area contributed by atoms with Crippen molar-refractivity contribution in [3.05, 3.63) is 46.4 Å². The van der Waals surface area contributed by atoms with Gasteiger partial charge in [0.05, 0.1) is 5.56 Å². The maximum absolute atomic E-state index is 12.9. The van der Waals surface area contributed by atoms with Crippen LogP contribution in [0.2, 0.25) is 0 Å². The molecule has 0 saturated carbocycles. The summed E-state index contributed by atoms with van der Waals surface area (Å²) >= 11 is 0. The van der Waals surface area contributed by atoms with Crippen LogP contribution in [0.5, 0.6) is 0 Å². The lowest BCUT2D eigenvalue weighted by atomic mass is 10.1. The van der Waals surface area contributed by atoms with Gasteiger partial charge in [0.25, 0.3) is 11.5 Å². The minimum absolute atomic E-state index is 0.00840. The number of carbonyl (C=O) groups is 1. The lowest BCUT2D eigenvalue weighted by Gasteiger charge is -2.23. The second kappa shape index (κ2) is 7.40. The van der Waals surface area contributed by atoms with Crippen LogP contribution in [0.3, 0.4) is 0 Å². The van der Waals surface area contributed by atoms with Crippen molar-refractivity contribution >= 4 is 16.7 Å². The number of likely N-dealkylation sites (N-methyl/N-ethyl adjacent to an activating group) is 1. The highest BCUT2D eigenvalue weighted by molar-refractivity contribution is 6.06. The first-order valence-corrected chi connectivity index (χ1v) is 9.19. The predicted octanol–water partition coefficient (Wildman–Crippen LogP) is 2.80. The molecule has 1 aromatic heterocycles. The second-order valence-corrected chi connectivity index (χ2v) is 7.03. The van der Waals surface area contributed by atoms with Crippen molar-refractivity contribution in [3.63, 3.8) is 0 Å². The molecule has 1 aliphatic rings. The molecule has 2 aromatic rings. The quantitative estimate of drug-likeness (QED) is 0.910. The third-order valence-corrected chi connectivity index (χ3v) is 5.15. The van der Waals surface area contributed by atoms with Gasteiger partial charge < -0.3 is 9.88 Å². The monoisotopic (exact) mass is 341 g/mol. The Balaban J connectivity index is 1.90. The third kappa shape index (κ3) is 3.47. The van der Waals surface area contributed by atoms with E-state index in [-0.39, 0.29) is 17.5 Å². The highest BCUT2D eigenvalue weighted by Gasteiger charge is 2.24. The van der Waals surface area contributed by atoms with Crippen LogP contribution in [0.25, 0.3) is 10.8 Å². The average molecular weight is 341 g/mol. The molecule has 3 rings (SSSR count). The first-order chi connectivity index (χ1) is 12.0. The number of hydrogen-bond donors (Lipinski definition) is 1. The van der Waals surface area contributed by atoms with Gasteiger partial charge in [-0.2, -0.15) is 0 Å². The number of hydrogen-bond acceptors (Lipinski definition) is 3. The Morgan fingerprint density at radius 3 is 2.68 bits per heavy atom. The molecule has 1 atom stereocenters. The van der Waals surface area contributed by atoms with Crippen molar-refractivity contribution in [3.8, 4) is 0 Å². The van der Waals surface area contributed by atoms with Crippen LogP contribution in [0.1, 0.15) is 50.0 Å². The minimum atomic E-state index is -0.103. The first kappa shape index (κ1) is 17.7. The summed E-state index contributed by atoms with van der Waals surface area (Å²) in [4.78, 5) is 27.9. The maximum Gasteiger partial charge on any atom is 0.258 e. The van der Waals surface area contributed by atoms with Crippen molar-refractivity contribution in [1.29, 1.82) is 0 Å². The fraction of sp³-hybridized carbons (Fsp3) is 0.500. The van der Waals surface area contributed by atoms with E-state index in [0.29, 0.717) is 23.5 Å². The van der Waals surface area contributed by atoms with E-state index in [1.54, 1.807) is 16.8 Å². The summed E-state index contributed by atoms with van der Waals surface area (Å²) in [7, 11) is 0. The molecule has 1 fully saturated rings. The summed E-state index contributed by atoms with van der Waals surface area (Å²) in [6.07, 6.45) is 4.02. The van der Waals surface area contributed by atoms with Crippen molar-refractivity contribution in [2.24, 2.45) is 0 Å². The Bertz CT molecular complexity index is 825. The number of likely N-dealkylation sites (tertiary alicyclic amines) is 1. The van der Waals surface area contributed by atoms with Gasteiger partial charge in [0.15, 0.2) is 0 Å². The minimum Gasteiger partial charge on any atom is -0.350 e. The fourth-order valence-electron chi connectivity index (χ4n) is 3.72. The van der Waals surface area contributed by atoms with Crippen molar-refractivity contribution in [2.45, 2.75) is 45.7 Å². The zero-order chi connectivity index (χ0) is 18.0. The molecule has 0 aliphatic carbocycles. The summed E-state index contributed by atoms with van der Waals surface area (Å²) < 4.78 is 1.64. The summed E-state index contributed by atoms with van der Waals surface area (Å²) in [5.74, 6) is -0.103. The highest BCUT2D eigenvalue weighted by Crippen LogP contribution is 2.19. The third-order valence-electron chi connectivity index (χ3n) is 5.15. The number of rotatable bonds is 5. The van der Waals surface area contributed by atoms with Crippen LogP contribution in [-0.4, -0.2) is 41.1 Å². The van der Waals surface area contributed by atoms with Gasteiger partial charge in [-0.3, -0.25) is 14.5 Å². The number of benzene rings is 1. The van der Waals surface area contributed by atoms with Crippen molar-refractivity contribution < 1.29 is 4.79 Å². The number of nitrogens with zero attached hydrogens (tertiary/aromatic N) is 2. The SMILES string of the molecule is CCN1CCC[C@@H]1CNC(=O)c1cn(C(C)C)c(=O)c2ccccc12. The smallest absolute Gasteiger partial charge is 0.258 e. The number of pyridine rings is 1. The van der Waals surface area contributed by atoms with Crippen LogP contribution in [0, 0.1) is 0 Å². The van der Waals surface area contributed by atoms with Crippen LogP contribution < -0.4 is 10.9 Å². The van der Waals surface area contributed by atoms with Gasteiger partial charge in [0.1, 0.15) is 0 Å². The van der Waals surface area contributed by atoms with Gasteiger partial charge in [0.2, 0.25) is 0 Å². The molecule has 1 aromatic carbocycles. The number of aromatic nitrogens is 1. The second-order valence-electron chi connectivity index (χ2n) is 7.03. The van der Waals surface area contributed by atoms with Gasteiger partial charge in [-0.1, -0.05) is 25.1 Å². The Hall–Kier alpha value is -2.14. The largest absolute Gasteiger partial charge is 0.350 e. The van der Waals surface area contributed by atoms with Crippen LogP contribution in [0.4, 0.5) is 0 Å². The predicted molar refractivity (Wildman–Crippen MR) is 101 cm³/mol. The van der Waals surface area contributed by atoms with E-state index in [1.165, 1.54) is 6.42 Å². The van der Waals surface area contributed by atoms with Crippen LogP contribution >= 0.6 is 0 Å². The molecule has 2 heterocycles. The van der Waals surface area contributed by atoms with Gasteiger partial charge in [-0.25, -0.2) is 0 Å². The Labute approximate surface area is 148 Å². The molecule has 0 bridgehead atoms. The van der Waals surface area contributed by atoms with Crippen molar-refractivity contribution in [2.75, 3.05) is 19.6 Å². The number of nitrogens with one attached hydrogen (secondary N) is 1. The summed E-state index contributed by atoms with van der Waals surface area (Å²) in [6, 6.07) is 7.78. The molecule has 0 spiro atoms. The van der Waals surface area contributed by atoms with E-state index in [0.717, 1.165) is 24.9 Å². The average Bonchev–Trinajstić information content (AvgIpc) is 3.07. The molecule has 1 N–H and O–H groups in total. The van der Waals surface area contributed by atoms with Gasteiger partial charge in [-0.15, -0.1) is 0 Å². The lowest BCUT2D eigenvalue weighted by Crippen LogP contribution is -2.40. The molecule has 134 valence electrons. The molecule has 25 heavy (non-hydrogen) atoms. The van der Waals surface area contributed by atoms with Gasteiger partial charge in [0, 0.05) is 35.6 Å². The van der Waals surface area contributed by atoms with Gasteiger partial charge >= 0.3 is 0 Å². The fourth-order valence-corrected chi connectivity index (χ4v) is 3.72. The molecule has 1 saturated heterocycles. The van der Waals surface area contributed by atoms with E-state index in [2.05, 4.69) is 17.1 Å². The van der Waals surface area contributed by atoms with E-state index in [1.807, 2.05) is 32.0 Å². The summed E-state index contributed by atoms with van der Waals surface area (Å²) in [6.45, 7) is 8.85. The molecule has 1 aliphatic heterocycles. The number of fused-ring (bicyclic) bond motifs is 1. The molecule has 1 amide bonds.